The number of carbonyl (C=O) groups is 2. The van der Waals surface area contributed by atoms with Crippen molar-refractivity contribution in [3.05, 3.63) is 83.1 Å². The minimum atomic E-state index is -0.439. The number of hydrogen-bond donors (Lipinski definition) is 1. The van der Waals surface area contributed by atoms with Crippen molar-refractivity contribution in [2.24, 2.45) is 0 Å². The second-order valence-electron chi connectivity index (χ2n) is 6.28. The van der Waals surface area contributed by atoms with Crippen molar-refractivity contribution in [3.63, 3.8) is 0 Å². The van der Waals surface area contributed by atoms with Crippen molar-refractivity contribution in [2.45, 2.75) is 19.9 Å². The number of benzene rings is 1. The molecule has 1 aromatic carbocycles. The summed E-state index contributed by atoms with van der Waals surface area (Å²) in [6.07, 6.45) is 3.52. The lowest BCUT2D eigenvalue weighted by molar-refractivity contribution is 0.0939. The van der Waals surface area contributed by atoms with Gasteiger partial charge in [0.2, 0.25) is 0 Å². The quantitative estimate of drug-likeness (QED) is 0.698. The maximum Gasteiger partial charge on any atom is 0.251 e. The molecule has 1 amide bonds. The third-order valence-electron chi connectivity index (χ3n) is 4.10. The topological polar surface area (TPSA) is 72.0 Å². The number of halogens is 1. The lowest BCUT2D eigenvalue weighted by Crippen LogP contribution is -2.27. The van der Waals surface area contributed by atoms with Crippen molar-refractivity contribution in [2.75, 3.05) is 0 Å². The summed E-state index contributed by atoms with van der Waals surface area (Å²) in [5.41, 5.74) is 3.63. The molecular weight excluding hydrogens is 345 g/mol. The van der Waals surface area contributed by atoms with Crippen LogP contribution in [0.25, 0.3) is 11.3 Å². The Morgan fingerprint density at radius 1 is 1.11 bits per heavy atom. The molecule has 3 rings (SSSR count). The molecule has 0 aliphatic rings. The van der Waals surface area contributed by atoms with Gasteiger partial charge in [0.05, 0.1) is 23.6 Å². The first-order valence-corrected chi connectivity index (χ1v) is 8.42. The van der Waals surface area contributed by atoms with Crippen LogP contribution in [0.5, 0.6) is 0 Å². The van der Waals surface area contributed by atoms with Gasteiger partial charge in [-0.2, -0.15) is 0 Å². The fourth-order valence-corrected chi connectivity index (χ4v) is 2.63. The van der Waals surface area contributed by atoms with E-state index < -0.39 is 11.9 Å². The molecule has 0 saturated carbocycles. The number of carbonyl (C=O) groups excluding carboxylic acids is 2. The normalized spacial score (nSPS) is 11.7. The van der Waals surface area contributed by atoms with E-state index in [4.69, 9.17) is 0 Å². The van der Waals surface area contributed by atoms with Crippen molar-refractivity contribution < 1.29 is 14.0 Å². The third kappa shape index (κ3) is 4.41. The standard InChI is InChI=1S/C21H18FN3O2/c1-13-3-5-20(23-10-13)16-7-15(12-26)8-17(9-16)21(27)25-14(2)19-6-4-18(22)11-24-19/h3-12,14H,1-2H3,(H,25,27). The molecule has 0 bridgehead atoms. The summed E-state index contributed by atoms with van der Waals surface area (Å²) in [6, 6.07) is 11.0. The molecule has 0 aliphatic carbocycles. The van der Waals surface area contributed by atoms with Crippen LogP contribution in [0.2, 0.25) is 0 Å². The van der Waals surface area contributed by atoms with Crippen molar-refractivity contribution in [3.8, 4) is 11.3 Å². The maximum absolute atomic E-state index is 13.0. The number of pyridine rings is 2. The van der Waals surface area contributed by atoms with Gasteiger partial charge in [-0.25, -0.2) is 4.39 Å². The summed E-state index contributed by atoms with van der Waals surface area (Å²) in [5, 5.41) is 2.81. The zero-order chi connectivity index (χ0) is 19.4. The molecule has 6 heteroatoms. The summed E-state index contributed by atoms with van der Waals surface area (Å²) >= 11 is 0. The predicted molar refractivity (Wildman–Crippen MR) is 99.9 cm³/mol. The number of rotatable bonds is 5. The predicted octanol–water partition coefficient (Wildman–Crippen LogP) is 3.89. The van der Waals surface area contributed by atoms with E-state index in [2.05, 4.69) is 15.3 Å². The zero-order valence-corrected chi connectivity index (χ0v) is 14.9. The molecule has 0 aliphatic heterocycles. The second kappa shape index (κ2) is 7.86. The molecule has 3 aromatic rings. The van der Waals surface area contributed by atoms with E-state index in [9.17, 15) is 14.0 Å². The van der Waals surface area contributed by atoms with Crippen LogP contribution in [0.4, 0.5) is 4.39 Å². The molecule has 5 nitrogen and oxygen atoms in total. The number of aromatic nitrogens is 2. The van der Waals surface area contributed by atoms with E-state index in [1.165, 1.54) is 18.2 Å². The van der Waals surface area contributed by atoms with E-state index in [-0.39, 0.29) is 5.91 Å². The molecule has 1 N–H and O–H groups in total. The van der Waals surface area contributed by atoms with Gasteiger partial charge in [-0.1, -0.05) is 6.07 Å². The Morgan fingerprint density at radius 2 is 1.93 bits per heavy atom. The van der Waals surface area contributed by atoms with Gasteiger partial charge in [-0.3, -0.25) is 19.6 Å². The highest BCUT2D eigenvalue weighted by atomic mass is 19.1. The Labute approximate surface area is 156 Å². The Balaban J connectivity index is 1.87. The zero-order valence-electron chi connectivity index (χ0n) is 14.9. The minimum absolute atomic E-state index is 0.339. The van der Waals surface area contributed by atoms with Crippen LogP contribution in [-0.2, 0) is 0 Å². The van der Waals surface area contributed by atoms with Gasteiger partial charge < -0.3 is 5.32 Å². The molecule has 27 heavy (non-hydrogen) atoms. The van der Waals surface area contributed by atoms with Crippen LogP contribution >= 0.6 is 0 Å². The number of nitrogens with zero attached hydrogens (tertiary/aromatic N) is 2. The minimum Gasteiger partial charge on any atom is -0.344 e. The smallest absolute Gasteiger partial charge is 0.251 e. The molecule has 2 heterocycles. The van der Waals surface area contributed by atoms with Crippen molar-refractivity contribution in [1.82, 2.24) is 15.3 Å². The first-order valence-electron chi connectivity index (χ1n) is 8.42. The van der Waals surface area contributed by atoms with Crippen LogP contribution in [0.3, 0.4) is 0 Å². The van der Waals surface area contributed by atoms with E-state index in [0.29, 0.717) is 34.4 Å². The summed E-state index contributed by atoms with van der Waals surface area (Å²) < 4.78 is 13.0. The van der Waals surface area contributed by atoms with E-state index >= 15 is 0 Å². The lowest BCUT2D eigenvalue weighted by atomic mass is 10.0. The molecular formula is C21H18FN3O2. The monoisotopic (exact) mass is 363 g/mol. The van der Waals surface area contributed by atoms with E-state index in [0.717, 1.165) is 11.8 Å². The fraction of sp³-hybridized carbons (Fsp3) is 0.143. The van der Waals surface area contributed by atoms with Gasteiger partial charge in [0, 0.05) is 22.9 Å². The van der Waals surface area contributed by atoms with Crippen molar-refractivity contribution >= 4 is 12.2 Å². The summed E-state index contributed by atoms with van der Waals surface area (Å²) in [6.45, 7) is 3.69. The lowest BCUT2D eigenvalue weighted by Gasteiger charge is -2.14. The van der Waals surface area contributed by atoms with Crippen LogP contribution < -0.4 is 5.32 Å². The molecule has 0 radical (unpaired) electrons. The highest BCUT2D eigenvalue weighted by Gasteiger charge is 2.15. The number of aldehydes is 1. The number of hydrogen-bond acceptors (Lipinski definition) is 4. The third-order valence-corrected chi connectivity index (χ3v) is 4.10. The number of aryl methyl sites for hydroxylation is 1. The van der Waals surface area contributed by atoms with Crippen LogP contribution in [-0.4, -0.2) is 22.2 Å². The van der Waals surface area contributed by atoms with Crippen molar-refractivity contribution in [1.29, 1.82) is 0 Å². The summed E-state index contributed by atoms with van der Waals surface area (Å²) in [4.78, 5) is 32.3. The van der Waals surface area contributed by atoms with Gasteiger partial charge in [0.1, 0.15) is 12.1 Å². The largest absolute Gasteiger partial charge is 0.344 e. The van der Waals surface area contributed by atoms with E-state index in [1.807, 2.05) is 19.1 Å². The van der Waals surface area contributed by atoms with E-state index in [1.54, 1.807) is 25.3 Å². The molecule has 1 unspecified atom stereocenters. The Hall–Kier alpha value is -3.41. The van der Waals surface area contributed by atoms with Gasteiger partial charge in [-0.05, 0) is 55.8 Å². The SMILES string of the molecule is Cc1ccc(-c2cc(C=O)cc(C(=O)NC(C)c3ccc(F)cn3)c2)nc1. The maximum atomic E-state index is 13.0. The highest BCUT2D eigenvalue weighted by Crippen LogP contribution is 2.21. The van der Waals surface area contributed by atoms with Crippen LogP contribution in [0.1, 0.15) is 44.9 Å². The summed E-state index contributed by atoms with van der Waals surface area (Å²) in [5.74, 6) is -0.795. The van der Waals surface area contributed by atoms with Crippen LogP contribution in [0, 0.1) is 12.7 Å². The molecule has 1 atom stereocenters. The molecule has 0 saturated heterocycles. The first kappa shape index (κ1) is 18.4. The number of amides is 1. The molecule has 0 spiro atoms. The van der Waals surface area contributed by atoms with Gasteiger partial charge >= 0.3 is 0 Å². The van der Waals surface area contributed by atoms with Gasteiger partial charge in [-0.15, -0.1) is 0 Å². The van der Waals surface area contributed by atoms with Crippen LogP contribution in [0.15, 0.2) is 54.9 Å². The summed E-state index contributed by atoms with van der Waals surface area (Å²) in [7, 11) is 0. The number of nitrogens with one attached hydrogen (secondary N) is 1. The Kier molecular flexibility index (Phi) is 5.35. The first-order chi connectivity index (χ1) is 13.0. The highest BCUT2D eigenvalue weighted by molar-refractivity contribution is 5.97. The Bertz CT molecular complexity index is 970. The average molecular weight is 363 g/mol. The average Bonchev–Trinajstić information content (AvgIpc) is 2.68. The fourth-order valence-electron chi connectivity index (χ4n) is 2.63. The Morgan fingerprint density at radius 3 is 2.56 bits per heavy atom. The second-order valence-corrected chi connectivity index (χ2v) is 6.28. The molecule has 2 aromatic heterocycles. The molecule has 136 valence electrons. The van der Waals surface area contributed by atoms with Gasteiger partial charge in [0.15, 0.2) is 0 Å². The van der Waals surface area contributed by atoms with Gasteiger partial charge in [0.25, 0.3) is 5.91 Å². The molecule has 0 fully saturated rings.